The van der Waals surface area contributed by atoms with Crippen molar-refractivity contribution >= 4 is 21.7 Å². The quantitative estimate of drug-likeness (QED) is 0.505. The van der Waals surface area contributed by atoms with Gasteiger partial charge in [-0.2, -0.15) is 0 Å². The monoisotopic (exact) mass is 328 g/mol. The number of nitrogens with one attached hydrogen (secondary N) is 1. The van der Waals surface area contributed by atoms with E-state index in [0.717, 1.165) is 11.6 Å². The van der Waals surface area contributed by atoms with Crippen LogP contribution in [-0.4, -0.2) is 9.97 Å². The molecule has 0 unspecified atom stereocenters. The predicted octanol–water partition coefficient (Wildman–Crippen LogP) is 3.09. The van der Waals surface area contributed by atoms with Gasteiger partial charge in [0.1, 0.15) is 5.82 Å². The summed E-state index contributed by atoms with van der Waals surface area (Å²) < 4.78 is 26.6. The maximum atomic E-state index is 13.5. The topological polar surface area (TPSA) is 63.8 Å². The lowest BCUT2D eigenvalue weighted by molar-refractivity contribution is 0.504. The number of nitrogen functional groups attached to an aromatic ring is 1. The molecule has 4 nitrogen and oxygen atoms in total. The Balaban J connectivity index is 2.66. The van der Waals surface area contributed by atoms with Crippen molar-refractivity contribution in [1.82, 2.24) is 9.97 Å². The summed E-state index contributed by atoms with van der Waals surface area (Å²) in [5.41, 5.74) is 4.32. The van der Waals surface area contributed by atoms with Gasteiger partial charge in [-0.3, -0.25) is 0 Å². The molecule has 0 amide bonds. The predicted molar refractivity (Wildman–Crippen MR) is 72.4 cm³/mol. The van der Waals surface area contributed by atoms with Crippen LogP contribution in [0.5, 0.6) is 0 Å². The standard InChI is InChI=1S/C12H11BrF2N4/c1-5-6(2)17-12(18-11(5)19-16)7-3-4-8(14)10(15)9(7)13/h3-4H,16H2,1-2H3,(H,17,18,19). The molecule has 1 aromatic heterocycles. The number of aryl methyl sites for hydroxylation is 1. The number of anilines is 1. The van der Waals surface area contributed by atoms with Gasteiger partial charge in [0.15, 0.2) is 17.5 Å². The van der Waals surface area contributed by atoms with E-state index in [1.165, 1.54) is 6.07 Å². The second-order valence-corrected chi connectivity index (χ2v) is 4.77. The van der Waals surface area contributed by atoms with Crippen molar-refractivity contribution in [3.63, 3.8) is 0 Å². The van der Waals surface area contributed by atoms with Crippen molar-refractivity contribution in [3.8, 4) is 11.4 Å². The Bertz CT molecular complexity index is 646. The summed E-state index contributed by atoms with van der Waals surface area (Å²) in [4.78, 5) is 8.44. The highest BCUT2D eigenvalue weighted by molar-refractivity contribution is 9.10. The maximum absolute atomic E-state index is 13.5. The molecular weight excluding hydrogens is 318 g/mol. The van der Waals surface area contributed by atoms with Crippen LogP contribution in [0, 0.1) is 25.5 Å². The van der Waals surface area contributed by atoms with Crippen molar-refractivity contribution in [2.75, 3.05) is 5.43 Å². The number of nitrogens with two attached hydrogens (primary N) is 1. The van der Waals surface area contributed by atoms with Crippen LogP contribution in [0.15, 0.2) is 16.6 Å². The summed E-state index contributed by atoms with van der Waals surface area (Å²) in [5.74, 6) is 4.18. The van der Waals surface area contributed by atoms with E-state index in [4.69, 9.17) is 5.84 Å². The second kappa shape index (κ2) is 5.18. The lowest BCUT2D eigenvalue weighted by Crippen LogP contribution is -2.12. The summed E-state index contributed by atoms with van der Waals surface area (Å²) in [5, 5.41) is 0. The summed E-state index contributed by atoms with van der Waals surface area (Å²) >= 11 is 3.01. The molecule has 7 heteroatoms. The normalized spacial score (nSPS) is 10.6. The van der Waals surface area contributed by atoms with Crippen molar-refractivity contribution in [2.45, 2.75) is 13.8 Å². The lowest BCUT2D eigenvalue weighted by atomic mass is 10.1. The average molecular weight is 329 g/mol. The van der Waals surface area contributed by atoms with Crippen LogP contribution in [0.1, 0.15) is 11.3 Å². The van der Waals surface area contributed by atoms with Crippen molar-refractivity contribution in [2.24, 2.45) is 5.84 Å². The first-order valence-electron chi connectivity index (χ1n) is 5.41. The third-order valence-corrected chi connectivity index (χ3v) is 3.58. The number of aromatic nitrogens is 2. The fourth-order valence-corrected chi connectivity index (χ4v) is 2.09. The molecule has 0 bridgehead atoms. The summed E-state index contributed by atoms with van der Waals surface area (Å²) in [6.45, 7) is 3.60. The molecule has 1 aromatic carbocycles. The molecular formula is C12H11BrF2N4. The van der Waals surface area contributed by atoms with Crippen LogP contribution < -0.4 is 11.3 Å². The van der Waals surface area contributed by atoms with Crippen LogP contribution in [-0.2, 0) is 0 Å². The van der Waals surface area contributed by atoms with Crippen molar-refractivity contribution in [3.05, 3.63) is 39.5 Å². The first-order chi connectivity index (χ1) is 8.95. The molecule has 2 rings (SSSR count). The van der Waals surface area contributed by atoms with Gasteiger partial charge in [0, 0.05) is 16.8 Å². The van der Waals surface area contributed by atoms with E-state index in [-0.39, 0.29) is 10.3 Å². The van der Waals surface area contributed by atoms with Gasteiger partial charge in [-0.1, -0.05) is 0 Å². The molecule has 19 heavy (non-hydrogen) atoms. The van der Waals surface area contributed by atoms with E-state index in [1.807, 2.05) is 6.92 Å². The summed E-state index contributed by atoms with van der Waals surface area (Å²) in [6, 6.07) is 2.44. The fraction of sp³-hybridized carbons (Fsp3) is 0.167. The van der Waals surface area contributed by atoms with Crippen molar-refractivity contribution < 1.29 is 8.78 Å². The van der Waals surface area contributed by atoms with Gasteiger partial charge in [-0.05, 0) is 41.9 Å². The minimum absolute atomic E-state index is 0.0151. The van der Waals surface area contributed by atoms with Gasteiger partial charge < -0.3 is 5.43 Å². The third-order valence-electron chi connectivity index (χ3n) is 2.80. The van der Waals surface area contributed by atoms with Gasteiger partial charge >= 0.3 is 0 Å². The zero-order valence-corrected chi connectivity index (χ0v) is 11.8. The number of hydrazine groups is 1. The molecule has 3 N–H and O–H groups in total. The van der Waals surface area contributed by atoms with Gasteiger partial charge in [-0.15, -0.1) is 0 Å². The Labute approximate surface area is 117 Å². The number of nitrogens with zero attached hydrogens (tertiary/aromatic N) is 2. The van der Waals surface area contributed by atoms with Crippen LogP contribution in [0.3, 0.4) is 0 Å². The number of hydrogen-bond donors (Lipinski definition) is 2. The largest absolute Gasteiger partial charge is 0.308 e. The van der Waals surface area contributed by atoms with Crippen LogP contribution in [0.25, 0.3) is 11.4 Å². The Morgan fingerprint density at radius 1 is 1.21 bits per heavy atom. The molecule has 0 radical (unpaired) electrons. The van der Waals surface area contributed by atoms with Crippen LogP contribution >= 0.6 is 15.9 Å². The number of rotatable bonds is 2. The molecule has 0 fully saturated rings. The number of benzene rings is 1. The molecule has 0 atom stereocenters. The van der Waals surface area contributed by atoms with Gasteiger partial charge in [0.25, 0.3) is 0 Å². The smallest absolute Gasteiger partial charge is 0.173 e. The third kappa shape index (κ3) is 2.43. The molecule has 1 heterocycles. The van der Waals surface area contributed by atoms with Crippen LogP contribution in [0.2, 0.25) is 0 Å². The lowest BCUT2D eigenvalue weighted by Gasteiger charge is -2.11. The first-order valence-corrected chi connectivity index (χ1v) is 6.20. The highest BCUT2D eigenvalue weighted by Gasteiger charge is 2.16. The zero-order valence-electron chi connectivity index (χ0n) is 10.3. The van der Waals surface area contributed by atoms with E-state index in [0.29, 0.717) is 17.1 Å². The molecule has 0 aliphatic heterocycles. The molecule has 0 saturated heterocycles. The van der Waals surface area contributed by atoms with Gasteiger partial charge in [-0.25, -0.2) is 24.6 Å². The second-order valence-electron chi connectivity index (χ2n) is 3.97. The van der Waals surface area contributed by atoms with E-state index < -0.39 is 11.6 Å². The molecule has 0 saturated carbocycles. The van der Waals surface area contributed by atoms with Gasteiger partial charge in [0.2, 0.25) is 0 Å². The van der Waals surface area contributed by atoms with E-state index in [9.17, 15) is 8.78 Å². The fourth-order valence-electron chi connectivity index (χ4n) is 1.59. The Morgan fingerprint density at radius 3 is 2.53 bits per heavy atom. The van der Waals surface area contributed by atoms with Crippen molar-refractivity contribution in [1.29, 1.82) is 0 Å². The Morgan fingerprint density at radius 2 is 1.89 bits per heavy atom. The van der Waals surface area contributed by atoms with Crippen LogP contribution in [0.4, 0.5) is 14.6 Å². The SMILES string of the molecule is Cc1nc(-c2ccc(F)c(F)c2Br)nc(NN)c1C. The molecule has 2 aromatic rings. The number of hydrogen-bond acceptors (Lipinski definition) is 4. The first kappa shape index (κ1) is 13.8. The Hall–Kier alpha value is -1.60. The minimum Gasteiger partial charge on any atom is -0.308 e. The number of halogens is 3. The highest BCUT2D eigenvalue weighted by atomic mass is 79.9. The van der Waals surface area contributed by atoms with E-state index in [2.05, 4.69) is 31.3 Å². The molecule has 0 aliphatic carbocycles. The Kier molecular flexibility index (Phi) is 3.77. The summed E-state index contributed by atoms with van der Waals surface area (Å²) in [7, 11) is 0. The highest BCUT2D eigenvalue weighted by Crippen LogP contribution is 2.31. The van der Waals surface area contributed by atoms with E-state index in [1.54, 1.807) is 6.92 Å². The minimum atomic E-state index is -0.971. The molecule has 0 aliphatic rings. The maximum Gasteiger partial charge on any atom is 0.173 e. The zero-order chi connectivity index (χ0) is 14.2. The van der Waals surface area contributed by atoms with E-state index >= 15 is 0 Å². The average Bonchev–Trinajstić information content (AvgIpc) is 2.39. The molecule has 0 spiro atoms. The van der Waals surface area contributed by atoms with Gasteiger partial charge in [0.05, 0.1) is 4.47 Å². The summed E-state index contributed by atoms with van der Waals surface area (Å²) in [6.07, 6.45) is 0. The molecule has 100 valence electrons.